The van der Waals surface area contributed by atoms with Gasteiger partial charge in [0.05, 0.1) is 7.11 Å². The highest BCUT2D eigenvalue weighted by Gasteiger charge is 2.42. The molecule has 0 spiro atoms. The summed E-state index contributed by atoms with van der Waals surface area (Å²) in [4.78, 5) is 2.52. The third-order valence-electron chi connectivity index (χ3n) is 7.36. The van der Waals surface area contributed by atoms with E-state index in [1.165, 1.54) is 25.0 Å². The van der Waals surface area contributed by atoms with Crippen molar-refractivity contribution < 1.29 is 13.5 Å². The minimum absolute atomic E-state index is 0.236. The van der Waals surface area contributed by atoms with Gasteiger partial charge in [-0.1, -0.05) is 48.5 Å². The summed E-state index contributed by atoms with van der Waals surface area (Å²) in [5, 5.41) is 3.81. The molecular weight excluding hydrogens is 418 g/mol. The highest BCUT2D eigenvalue weighted by Crippen LogP contribution is 2.37. The van der Waals surface area contributed by atoms with Crippen LogP contribution in [0.25, 0.3) is 11.1 Å². The molecule has 2 unspecified atom stereocenters. The normalized spacial score (nSPS) is 24.1. The standard InChI is InChI=1S/C28H30F2N2O/c1-33-26-12-5-2-7-21(26)18-31-28-19-13-15-32(16-14-19)25(28)17-20-8-6-11-24(30)27(20)22-9-3-4-10-23(22)29/h2-12,19,25,28,31H,13-18H2,1H3. The van der Waals surface area contributed by atoms with Gasteiger partial charge in [-0.3, -0.25) is 4.90 Å². The number of rotatable bonds is 7. The van der Waals surface area contributed by atoms with Crippen molar-refractivity contribution in [2.45, 2.75) is 37.9 Å². The van der Waals surface area contributed by atoms with Gasteiger partial charge in [-0.15, -0.1) is 0 Å². The van der Waals surface area contributed by atoms with E-state index in [9.17, 15) is 8.78 Å². The Labute approximate surface area is 194 Å². The third kappa shape index (κ3) is 4.40. The first kappa shape index (κ1) is 22.1. The summed E-state index contributed by atoms with van der Waals surface area (Å²) < 4.78 is 35.1. The molecule has 3 aliphatic rings. The zero-order valence-corrected chi connectivity index (χ0v) is 18.9. The Balaban J connectivity index is 1.43. The van der Waals surface area contributed by atoms with Gasteiger partial charge in [0.2, 0.25) is 0 Å². The number of nitrogens with zero attached hydrogens (tertiary/aromatic N) is 1. The number of halogens is 2. The van der Waals surface area contributed by atoms with Gasteiger partial charge in [0.25, 0.3) is 0 Å². The van der Waals surface area contributed by atoms with Gasteiger partial charge >= 0.3 is 0 Å². The number of hydrogen-bond donors (Lipinski definition) is 1. The highest BCUT2D eigenvalue weighted by atomic mass is 19.1. The molecule has 33 heavy (non-hydrogen) atoms. The average Bonchev–Trinajstić information content (AvgIpc) is 2.85. The first-order valence-electron chi connectivity index (χ1n) is 11.8. The van der Waals surface area contributed by atoms with Crippen LogP contribution in [0.3, 0.4) is 0 Å². The Morgan fingerprint density at radius 1 is 0.879 bits per heavy atom. The number of piperidine rings is 3. The molecule has 3 nitrogen and oxygen atoms in total. The van der Waals surface area contributed by atoms with Gasteiger partial charge in [0, 0.05) is 35.3 Å². The molecule has 3 aromatic rings. The van der Waals surface area contributed by atoms with Crippen molar-refractivity contribution in [1.82, 2.24) is 10.2 Å². The second kappa shape index (κ2) is 9.62. The Kier molecular flexibility index (Phi) is 6.43. The maximum absolute atomic E-state index is 15.0. The predicted molar refractivity (Wildman–Crippen MR) is 127 cm³/mol. The lowest BCUT2D eigenvalue weighted by atomic mass is 9.76. The molecule has 0 amide bonds. The van der Waals surface area contributed by atoms with Crippen LogP contribution < -0.4 is 10.1 Å². The molecule has 3 saturated heterocycles. The van der Waals surface area contributed by atoms with Crippen LogP contribution in [0.4, 0.5) is 8.78 Å². The fourth-order valence-corrected chi connectivity index (χ4v) is 5.72. The molecule has 0 saturated carbocycles. The summed E-state index contributed by atoms with van der Waals surface area (Å²) in [5.41, 5.74) is 2.72. The zero-order chi connectivity index (χ0) is 22.8. The van der Waals surface area contributed by atoms with E-state index in [0.29, 0.717) is 23.5 Å². The van der Waals surface area contributed by atoms with Gasteiger partial charge in [-0.25, -0.2) is 8.78 Å². The van der Waals surface area contributed by atoms with Crippen LogP contribution in [-0.2, 0) is 13.0 Å². The van der Waals surface area contributed by atoms with Crippen LogP contribution in [0.1, 0.15) is 24.0 Å². The van der Waals surface area contributed by atoms with Crippen LogP contribution in [0.15, 0.2) is 66.7 Å². The molecule has 3 aliphatic heterocycles. The van der Waals surface area contributed by atoms with E-state index in [-0.39, 0.29) is 23.7 Å². The molecule has 2 atom stereocenters. The number of para-hydroxylation sites is 1. The third-order valence-corrected chi connectivity index (χ3v) is 7.36. The molecular formula is C28H30F2N2O. The fraction of sp³-hybridized carbons (Fsp3) is 0.357. The van der Waals surface area contributed by atoms with Gasteiger partial charge in [0.1, 0.15) is 17.4 Å². The van der Waals surface area contributed by atoms with Gasteiger partial charge in [-0.05, 0) is 62.0 Å². The van der Waals surface area contributed by atoms with E-state index in [0.717, 1.165) is 36.5 Å². The summed E-state index contributed by atoms with van der Waals surface area (Å²) in [6, 6.07) is 20.2. The quantitative estimate of drug-likeness (QED) is 0.521. The minimum Gasteiger partial charge on any atom is -0.496 e. The molecule has 0 aliphatic carbocycles. The average molecular weight is 449 g/mol. The van der Waals surface area contributed by atoms with E-state index < -0.39 is 0 Å². The smallest absolute Gasteiger partial charge is 0.131 e. The maximum atomic E-state index is 15.0. The summed E-state index contributed by atoms with van der Waals surface area (Å²) in [7, 11) is 1.70. The maximum Gasteiger partial charge on any atom is 0.131 e. The lowest BCUT2D eigenvalue weighted by Crippen LogP contribution is -2.63. The summed E-state index contributed by atoms with van der Waals surface area (Å²) in [6.07, 6.45) is 3.02. The van der Waals surface area contributed by atoms with Crippen molar-refractivity contribution in [2.24, 2.45) is 5.92 Å². The van der Waals surface area contributed by atoms with Crippen LogP contribution in [0.5, 0.6) is 5.75 Å². The van der Waals surface area contributed by atoms with Crippen molar-refractivity contribution in [1.29, 1.82) is 0 Å². The number of methoxy groups -OCH3 is 1. The molecule has 1 N–H and O–H groups in total. The Bertz CT molecular complexity index is 1110. The molecule has 0 aromatic heterocycles. The van der Waals surface area contributed by atoms with Gasteiger partial charge in [-0.2, -0.15) is 0 Å². The SMILES string of the molecule is COc1ccccc1CNC1C2CCN(CC2)C1Cc1cccc(F)c1-c1ccccc1F. The van der Waals surface area contributed by atoms with Crippen molar-refractivity contribution >= 4 is 0 Å². The van der Waals surface area contributed by atoms with Crippen molar-refractivity contribution in [2.75, 3.05) is 20.2 Å². The van der Waals surface area contributed by atoms with E-state index >= 15 is 0 Å². The highest BCUT2D eigenvalue weighted by molar-refractivity contribution is 5.68. The lowest BCUT2D eigenvalue weighted by Gasteiger charge is -2.51. The molecule has 172 valence electrons. The lowest BCUT2D eigenvalue weighted by molar-refractivity contribution is 0.0126. The van der Waals surface area contributed by atoms with E-state index in [1.807, 2.05) is 24.3 Å². The molecule has 3 fully saturated rings. The summed E-state index contributed by atoms with van der Waals surface area (Å²) in [5.74, 6) is 0.710. The molecule has 6 rings (SSSR count). The fourth-order valence-electron chi connectivity index (χ4n) is 5.72. The number of fused-ring (bicyclic) bond motifs is 3. The molecule has 3 aromatic carbocycles. The largest absolute Gasteiger partial charge is 0.496 e. The predicted octanol–water partition coefficient (Wildman–Crippen LogP) is 5.44. The van der Waals surface area contributed by atoms with Gasteiger partial charge in [0.15, 0.2) is 0 Å². The van der Waals surface area contributed by atoms with Crippen LogP contribution in [0, 0.1) is 17.6 Å². The first-order valence-corrected chi connectivity index (χ1v) is 11.8. The molecule has 0 radical (unpaired) electrons. The summed E-state index contributed by atoms with van der Waals surface area (Å²) >= 11 is 0. The van der Waals surface area contributed by atoms with Crippen molar-refractivity contribution in [3.63, 3.8) is 0 Å². The van der Waals surface area contributed by atoms with E-state index in [2.05, 4.69) is 16.3 Å². The topological polar surface area (TPSA) is 24.5 Å². The first-order chi connectivity index (χ1) is 16.2. The van der Waals surface area contributed by atoms with E-state index in [4.69, 9.17) is 4.74 Å². The second-order valence-electron chi connectivity index (χ2n) is 9.12. The number of ether oxygens (including phenoxy) is 1. The van der Waals surface area contributed by atoms with Gasteiger partial charge < -0.3 is 10.1 Å². The van der Waals surface area contributed by atoms with Crippen LogP contribution in [-0.4, -0.2) is 37.2 Å². The minimum atomic E-state index is -0.389. The van der Waals surface area contributed by atoms with E-state index in [1.54, 1.807) is 31.4 Å². The summed E-state index contributed by atoms with van der Waals surface area (Å²) in [6.45, 7) is 2.85. The molecule has 3 heterocycles. The monoisotopic (exact) mass is 448 g/mol. The molecule has 5 heteroatoms. The van der Waals surface area contributed by atoms with Crippen molar-refractivity contribution in [3.8, 4) is 16.9 Å². The van der Waals surface area contributed by atoms with Crippen LogP contribution >= 0.6 is 0 Å². The van der Waals surface area contributed by atoms with Crippen LogP contribution in [0.2, 0.25) is 0 Å². The van der Waals surface area contributed by atoms with Crippen molar-refractivity contribution in [3.05, 3.63) is 89.5 Å². The number of nitrogens with one attached hydrogen (secondary N) is 1. The Morgan fingerprint density at radius 3 is 2.36 bits per heavy atom. The second-order valence-corrected chi connectivity index (χ2v) is 9.12. The zero-order valence-electron chi connectivity index (χ0n) is 18.9. The Hall–Kier alpha value is -2.76. The number of benzene rings is 3. The molecule has 2 bridgehead atoms. The Morgan fingerprint density at radius 2 is 1.58 bits per heavy atom. The number of hydrogen-bond acceptors (Lipinski definition) is 3.